The van der Waals surface area contributed by atoms with Crippen LogP contribution in [0.1, 0.15) is 18.9 Å². The molecule has 0 aromatic carbocycles. The van der Waals surface area contributed by atoms with E-state index in [4.69, 9.17) is 0 Å². The van der Waals surface area contributed by atoms with E-state index in [1.165, 1.54) is 20.8 Å². The summed E-state index contributed by atoms with van der Waals surface area (Å²) in [4.78, 5) is 12.5. The lowest BCUT2D eigenvalue weighted by Crippen LogP contribution is -2.55. The summed E-state index contributed by atoms with van der Waals surface area (Å²) in [6.45, 7) is 1.76. The lowest BCUT2D eigenvalue weighted by atomic mass is 9.95. The highest BCUT2D eigenvalue weighted by molar-refractivity contribution is 7.91. The summed E-state index contributed by atoms with van der Waals surface area (Å²) in [5.41, 5.74) is -6.69. The predicted octanol–water partition coefficient (Wildman–Crippen LogP) is 2.53. The second kappa shape index (κ2) is 8.39. The van der Waals surface area contributed by atoms with Crippen molar-refractivity contribution in [2.24, 2.45) is 0 Å². The smallest absolute Gasteiger partial charge is 0.369 e. The lowest BCUT2D eigenvalue weighted by molar-refractivity contribution is -0.376. The van der Waals surface area contributed by atoms with Crippen LogP contribution in [0.15, 0.2) is 28.3 Å². The monoisotopic (exact) mass is 505 g/mol. The SMILES string of the molecule is CCC1CN(S(=O)(=O)c2nccs2)CCN1c1ncc(C(O)(C(F)(F)F)C(F)(F)F)cn1. The number of hydrogen-bond acceptors (Lipinski definition) is 8. The van der Waals surface area contributed by atoms with Crippen molar-refractivity contribution in [2.45, 2.75) is 41.7 Å². The van der Waals surface area contributed by atoms with Gasteiger partial charge in [0, 0.05) is 55.2 Å². The van der Waals surface area contributed by atoms with Gasteiger partial charge in [-0.15, -0.1) is 11.3 Å². The fourth-order valence-corrected chi connectivity index (χ4v) is 5.68. The van der Waals surface area contributed by atoms with Gasteiger partial charge in [0.1, 0.15) is 0 Å². The molecule has 8 nitrogen and oxygen atoms in total. The number of hydrogen-bond donors (Lipinski definition) is 1. The molecule has 0 radical (unpaired) electrons. The average molecular weight is 505 g/mol. The molecule has 1 aliphatic heterocycles. The summed E-state index contributed by atoms with van der Waals surface area (Å²) in [5.74, 6) is -0.182. The Labute approximate surface area is 182 Å². The Morgan fingerprint density at radius 3 is 2.16 bits per heavy atom. The van der Waals surface area contributed by atoms with Crippen LogP contribution in [-0.4, -0.2) is 70.8 Å². The van der Waals surface area contributed by atoms with Crippen molar-refractivity contribution in [3.05, 3.63) is 29.5 Å². The molecule has 0 amide bonds. The highest BCUT2D eigenvalue weighted by Gasteiger charge is 2.71. The highest BCUT2D eigenvalue weighted by Crippen LogP contribution is 2.49. The Hall–Kier alpha value is -2.04. The highest BCUT2D eigenvalue weighted by atomic mass is 32.2. The quantitative estimate of drug-likeness (QED) is 0.624. The zero-order chi connectivity index (χ0) is 23.9. The van der Waals surface area contributed by atoms with Crippen molar-refractivity contribution in [3.8, 4) is 0 Å². The Morgan fingerprint density at radius 1 is 1.09 bits per heavy atom. The van der Waals surface area contributed by atoms with Gasteiger partial charge in [-0.05, 0) is 6.42 Å². The lowest BCUT2D eigenvalue weighted by Gasteiger charge is -2.40. The second-order valence-corrected chi connectivity index (χ2v) is 9.90. The van der Waals surface area contributed by atoms with E-state index in [-0.39, 0.29) is 42.3 Å². The molecule has 0 spiro atoms. The summed E-state index contributed by atoms with van der Waals surface area (Å²) >= 11 is 0.951. The minimum absolute atomic E-state index is 0.00142. The van der Waals surface area contributed by atoms with Crippen LogP contribution in [-0.2, 0) is 15.6 Å². The van der Waals surface area contributed by atoms with E-state index in [9.17, 15) is 39.9 Å². The fraction of sp³-hybridized carbons (Fsp3) is 0.562. The standard InChI is InChI=1S/C16H17F6N5O3S2/c1-2-11-9-26(32(29,30)13-23-3-6-31-13)4-5-27(11)12-24-7-10(8-25-12)14(28,15(17,18)19)16(20,21)22/h3,6-8,11,28H,2,4-5,9H2,1H3. The van der Waals surface area contributed by atoms with Gasteiger partial charge in [-0.1, -0.05) is 6.92 Å². The number of alkyl halides is 6. The maximum atomic E-state index is 13.0. The summed E-state index contributed by atoms with van der Waals surface area (Å²) in [6, 6.07) is -0.492. The average Bonchev–Trinajstić information content (AvgIpc) is 3.27. The largest absolute Gasteiger partial charge is 0.430 e. The third kappa shape index (κ3) is 4.15. The molecule has 2 aromatic heterocycles. The van der Waals surface area contributed by atoms with Gasteiger partial charge in [-0.2, -0.15) is 30.6 Å². The van der Waals surface area contributed by atoms with Gasteiger partial charge in [0.25, 0.3) is 15.6 Å². The van der Waals surface area contributed by atoms with Crippen molar-refractivity contribution in [2.75, 3.05) is 24.5 Å². The van der Waals surface area contributed by atoms with E-state index < -0.39 is 39.6 Å². The molecule has 32 heavy (non-hydrogen) atoms. The van der Waals surface area contributed by atoms with Gasteiger partial charge in [0.05, 0.1) is 0 Å². The minimum Gasteiger partial charge on any atom is -0.369 e. The van der Waals surface area contributed by atoms with Gasteiger partial charge < -0.3 is 10.0 Å². The third-order valence-electron chi connectivity index (χ3n) is 5.02. The molecule has 3 rings (SSSR count). The van der Waals surface area contributed by atoms with Crippen LogP contribution >= 0.6 is 11.3 Å². The fourth-order valence-electron chi connectivity index (χ4n) is 3.25. The van der Waals surface area contributed by atoms with E-state index in [0.717, 1.165) is 11.3 Å². The van der Waals surface area contributed by atoms with E-state index in [1.54, 1.807) is 6.92 Å². The first kappa shape index (κ1) is 24.6. The van der Waals surface area contributed by atoms with E-state index in [1.807, 2.05) is 0 Å². The van der Waals surface area contributed by atoms with Gasteiger partial charge in [-0.25, -0.2) is 23.4 Å². The molecule has 2 aromatic rings. The first-order valence-electron chi connectivity index (χ1n) is 9.08. The number of nitrogens with zero attached hydrogens (tertiary/aromatic N) is 5. The molecule has 1 aliphatic rings. The molecular formula is C16H17F6N5O3S2. The Balaban J connectivity index is 1.85. The third-order valence-corrected chi connectivity index (χ3v) is 8.06. The molecular weight excluding hydrogens is 488 g/mol. The van der Waals surface area contributed by atoms with Crippen LogP contribution in [0.4, 0.5) is 32.3 Å². The molecule has 0 aliphatic carbocycles. The predicted molar refractivity (Wildman–Crippen MR) is 100 cm³/mol. The molecule has 3 heterocycles. The number of thiazole rings is 1. The molecule has 1 fully saturated rings. The summed E-state index contributed by atoms with van der Waals surface area (Å²) in [7, 11) is -3.84. The Kier molecular flexibility index (Phi) is 6.45. The first-order chi connectivity index (χ1) is 14.7. The number of anilines is 1. The van der Waals surface area contributed by atoms with Crippen LogP contribution in [0, 0.1) is 0 Å². The first-order valence-corrected chi connectivity index (χ1v) is 11.4. The number of piperazine rings is 1. The molecule has 1 atom stereocenters. The molecule has 1 saturated heterocycles. The normalized spacial score (nSPS) is 19.4. The molecule has 1 N–H and O–H groups in total. The maximum absolute atomic E-state index is 13.0. The summed E-state index contributed by atoms with van der Waals surface area (Å²) < 4.78 is 105. The summed E-state index contributed by atoms with van der Waals surface area (Å²) in [6.07, 6.45) is -9.80. The van der Waals surface area contributed by atoms with Gasteiger partial charge in [-0.3, -0.25) is 0 Å². The van der Waals surface area contributed by atoms with Crippen LogP contribution in [0.2, 0.25) is 0 Å². The Morgan fingerprint density at radius 2 is 1.69 bits per heavy atom. The van der Waals surface area contributed by atoms with Gasteiger partial charge >= 0.3 is 12.4 Å². The Bertz CT molecular complexity index is 1010. The molecule has 1 unspecified atom stereocenters. The van der Waals surface area contributed by atoms with Gasteiger partial charge in [0.15, 0.2) is 0 Å². The zero-order valence-electron chi connectivity index (χ0n) is 16.3. The van der Waals surface area contributed by atoms with E-state index in [2.05, 4.69) is 15.0 Å². The van der Waals surface area contributed by atoms with E-state index >= 15 is 0 Å². The van der Waals surface area contributed by atoms with Crippen LogP contribution < -0.4 is 4.90 Å². The zero-order valence-corrected chi connectivity index (χ0v) is 17.9. The second-order valence-electron chi connectivity index (χ2n) is 6.89. The van der Waals surface area contributed by atoms with E-state index in [0.29, 0.717) is 6.42 Å². The minimum atomic E-state index is -6.04. The number of sulfonamides is 1. The van der Waals surface area contributed by atoms with Crippen molar-refractivity contribution in [3.63, 3.8) is 0 Å². The van der Waals surface area contributed by atoms with Crippen LogP contribution in [0.5, 0.6) is 0 Å². The number of halogens is 6. The van der Waals surface area contributed by atoms with Crippen molar-refractivity contribution in [1.82, 2.24) is 19.3 Å². The summed E-state index contributed by atoms with van der Waals surface area (Å²) in [5, 5.41) is 11.0. The van der Waals surface area contributed by atoms with Crippen molar-refractivity contribution in [1.29, 1.82) is 0 Å². The van der Waals surface area contributed by atoms with Crippen molar-refractivity contribution < 1.29 is 39.9 Å². The maximum Gasteiger partial charge on any atom is 0.430 e. The molecule has 178 valence electrons. The van der Waals surface area contributed by atoms with Crippen LogP contribution in [0.3, 0.4) is 0 Å². The molecule has 0 saturated carbocycles. The number of aromatic nitrogens is 3. The van der Waals surface area contributed by atoms with Crippen LogP contribution in [0.25, 0.3) is 0 Å². The molecule has 16 heteroatoms. The number of rotatable bonds is 5. The van der Waals surface area contributed by atoms with Crippen molar-refractivity contribution >= 4 is 27.3 Å². The number of aliphatic hydroxyl groups is 1. The molecule has 0 bridgehead atoms. The van der Waals surface area contributed by atoms with Gasteiger partial charge in [0.2, 0.25) is 10.3 Å². The topological polar surface area (TPSA) is 99.5 Å².